The predicted octanol–water partition coefficient (Wildman–Crippen LogP) is 1.31. The first kappa shape index (κ1) is 13.9. The Morgan fingerprint density at radius 3 is 3.00 bits per heavy atom. The summed E-state index contributed by atoms with van der Waals surface area (Å²) in [5, 5.41) is 2.89. The summed E-state index contributed by atoms with van der Waals surface area (Å²) >= 11 is 1.79. The minimum Gasteiger partial charge on any atom is -0.338 e. The fourth-order valence-corrected chi connectivity index (χ4v) is 1.81. The van der Waals surface area contributed by atoms with Crippen LogP contribution in [0.5, 0.6) is 0 Å². The molecule has 6 heteroatoms. The Bertz CT molecular complexity index is 353. The predicted molar refractivity (Wildman–Crippen MR) is 71.1 cm³/mol. The zero-order chi connectivity index (χ0) is 12.7. The van der Waals surface area contributed by atoms with E-state index in [-0.39, 0.29) is 6.03 Å². The number of carbonyl (C=O) groups excluding carboxylic acids is 1. The van der Waals surface area contributed by atoms with Crippen LogP contribution in [-0.4, -0.2) is 46.1 Å². The number of rotatable bonds is 6. The van der Waals surface area contributed by atoms with Crippen molar-refractivity contribution < 1.29 is 4.79 Å². The van der Waals surface area contributed by atoms with E-state index in [4.69, 9.17) is 0 Å². The monoisotopic (exact) mass is 256 g/mol. The van der Waals surface area contributed by atoms with Crippen LogP contribution < -0.4 is 5.32 Å². The summed E-state index contributed by atoms with van der Waals surface area (Å²) in [5.41, 5.74) is 0. The van der Waals surface area contributed by atoms with Crippen LogP contribution in [0.4, 0.5) is 4.79 Å². The topological polar surface area (TPSA) is 50.2 Å². The number of thioether (sulfide) groups is 1. The number of urea groups is 1. The van der Waals surface area contributed by atoms with Gasteiger partial charge in [0, 0.05) is 33.0 Å². The van der Waals surface area contributed by atoms with Gasteiger partial charge in [-0.1, -0.05) is 0 Å². The molecule has 5 nitrogen and oxygen atoms in total. The van der Waals surface area contributed by atoms with Crippen molar-refractivity contribution in [2.24, 2.45) is 7.05 Å². The zero-order valence-electron chi connectivity index (χ0n) is 10.6. The first-order valence-corrected chi connectivity index (χ1v) is 6.98. The zero-order valence-corrected chi connectivity index (χ0v) is 11.5. The highest BCUT2D eigenvalue weighted by molar-refractivity contribution is 7.98. The first-order valence-electron chi connectivity index (χ1n) is 5.59. The molecule has 1 heterocycles. The number of aromatic nitrogens is 2. The molecule has 0 aliphatic heterocycles. The normalized spacial score (nSPS) is 10.3. The Balaban J connectivity index is 2.30. The number of amides is 2. The van der Waals surface area contributed by atoms with Gasteiger partial charge in [-0.25, -0.2) is 9.78 Å². The van der Waals surface area contributed by atoms with Crippen LogP contribution in [-0.2, 0) is 13.6 Å². The van der Waals surface area contributed by atoms with E-state index in [1.54, 1.807) is 29.9 Å². The van der Waals surface area contributed by atoms with E-state index in [1.165, 1.54) is 0 Å². The third-order valence-electron chi connectivity index (χ3n) is 2.45. The molecule has 17 heavy (non-hydrogen) atoms. The second-order valence-corrected chi connectivity index (χ2v) is 4.87. The maximum atomic E-state index is 11.7. The first-order chi connectivity index (χ1) is 8.15. The molecule has 0 aromatic carbocycles. The Morgan fingerprint density at radius 1 is 1.65 bits per heavy atom. The van der Waals surface area contributed by atoms with Crippen LogP contribution in [0.2, 0.25) is 0 Å². The number of hydrogen-bond donors (Lipinski definition) is 1. The highest BCUT2D eigenvalue weighted by Gasteiger charge is 2.10. The maximum absolute atomic E-state index is 11.7. The lowest BCUT2D eigenvalue weighted by Gasteiger charge is -2.17. The molecule has 1 rings (SSSR count). The molecule has 0 radical (unpaired) electrons. The third kappa shape index (κ3) is 4.68. The van der Waals surface area contributed by atoms with Gasteiger partial charge in [-0.15, -0.1) is 0 Å². The van der Waals surface area contributed by atoms with Gasteiger partial charge in [-0.3, -0.25) is 0 Å². The average molecular weight is 256 g/mol. The number of hydrogen-bond acceptors (Lipinski definition) is 3. The molecule has 0 spiro atoms. The van der Waals surface area contributed by atoms with Crippen molar-refractivity contribution in [2.45, 2.75) is 13.0 Å². The van der Waals surface area contributed by atoms with Crippen molar-refractivity contribution in [3.05, 3.63) is 18.2 Å². The lowest BCUT2D eigenvalue weighted by Crippen LogP contribution is -2.37. The summed E-state index contributed by atoms with van der Waals surface area (Å²) in [4.78, 5) is 17.5. The van der Waals surface area contributed by atoms with Gasteiger partial charge in [-0.2, -0.15) is 11.8 Å². The van der Waals surface area contributed by atoms with Gasteiger partial charge < -0.3 is 14.8 Å². The van der Waals surface area contributed by atoms with Crippen molar-refractivity contribution in [3.63, 3.8) is 0 Å². The molecular weight excluding hydrogens is 236 g/mol. The molecule has 96 valence electrons. The Morgan fingerprint density at radius 2 is 2.41 bits per heavy atom. The van der Waals surface area contributed by atoms with Crippen molar-refractivity contribution in [1.29, 1.82) is 0 Å². The summed E-state index contributed by atoms with van der Waals surface area (Å²) in [5.74, 6) is 1.95. The number of carbonyl (C=O) groups is 1. The van der Waals surface area contributed by atoms with Crippen LogP contribution in [0.15, 0.2) is 12.4 Å². The fraction of sp³-hybridized carbons (Fsp3) is 0.636. The van der Waals surface area contributed by atoms with Crippen LogP contribution >= 0.6 is 11.8 Å². The molecule has 1 N–H and O–H groups in total. The Hall–Kier alpha value is -1.17. The largest absolute Gasteiger partial charge is 0.338 e. The smallest absolute Gasteiger partial charge is 0.317 e. The number of aryl methyl sites for hydroxylation is 1. The minimum atomic E-state index is -0.0471. The van der Waals surface area contributed by atoms with Gasteiger partial charge in [0.2, 0.25) is 0 Å². The van der Waals surface area contributed by atoms with E-state index in [2.05, 4.69) is 16.6 Å². The van der Waals surface area contributed by atoms with Gasteiger partial charge in [0.05, 0.1) is 6.54 Å². The summed E-state index contributed by atoms with van der Waals surface area (Å²) < 4.78 is 1.91. The number of nitrogens with zero attached hydrogens (tertiary/aromatic N) is 3. The van der Waals surface area contributed by atoms with Crippen LogP contribution in [0.1, 0.15) is 12.2 Å². The maximum Gasteiger partial charge on any atom is 0.317 e. The van der Waals surface area contributed by atoms with E-state index >= 15 is 0 Å². The standard InChI is InChI=1S/C11H20N4OS/c1-14-7-6-12-10(14)9-15(2)11(16)13-5-4-8-17-3/h6-7H,4-5,8-9H2,1-3H3,(H,13,16). The van der Waals surface area contributed by atoms with Crippen molar-refractivity contribution in [1.82, 2.24) is 19.8 Å². The van der Waals surface area contributed by atoms with E-state index in [0.29, 0.717) is 6.54 Å². The van der Waals surface area contributed by atoms with Gasteiger partial charge in [0.25, 0.3) is 0 Å². The van der Waals surface area contributed by atoms with Gasteiger partial charge in [0.1, 0.15) is 5.82 Å². The van der Waals surface area contributed by atoms with E-state index in [9.17, 15) is 4.79 Å². The van der Waals surface area contributed by atoms with E-state index in [0.717, 1.165) is 24.5 Å². The molecule has 0 atom stereocenters. The molecule has 0 aliphatic carbocycles. The van der Waals surface area contributed by atoms with E-state index < -0.39 is 0 Å². The molecule has 0 bridgehead atoms. The average Bonchev–Trinajstić information content (AvgIpc) is 2.70. The molecule has 1 aromatic rings. The highest BCUT2D eigenvalue weighted by atomic mass is 32.2. The van der Waals surface area contributed by atoms with Crippen molar-refractivity contribution >= 4 is 17.8 Å². The second kappa shape index (κ2) is 7.21. The van der Waals surface area contributed by atoms with Gasteiger partial charge >= 0.3 is 6.03 Å². The summed E-state index contributed by atoms with van der Waals surface area (Å²) in [6, 6.07) is -0.0471. The van der Waals surface area contributed by atoms with Crippen LogP contribution in [0.3, 0.4) is 0 Å². The Kier molecular flexibility index (Phi) is 5.90. The molecule has 0 saturated carbocycles. The lowest BCUT2D eigenvalue weighted by atomic mass is 10.5. The van der Waals surface area contributed by atoms with Crippen molar-refractivity contribution in [3.8, 4) is 0 Å². The molecule has 0 saturated heterocycles. The fourth-order valence-electron chi connectivity index (χ4n) is 1.38. The summed E-state index contributed by atoms with van der Waals surface area (Å²) in [6.07, 6.45) is 6.68. The van der Waals surface area contributed by atoms with E-state index in [1.807, 2.05) is 17.8 Å². The molecule has 0 aliphatic rings. The minimum absolute atomic E-state index is 0.0471. The lowest BCUT2D eigenvalue weighted by molar-refractivity contribution is 0.205. The second-order valence-electron chi connectivity index (χ2n) is 3.89. The van der Waals surface area contributed by atoms with Crippen LogP contribution in [0.25, 0.3) is 0 Å². The van der Waals surface area contributed by atoms with Gasteiger partial charge in [-0.05, 0) is 18.4 Å². The molecular formula is C11H20N4OS. The summed E-state index contributed by atoms with van der Waals surface area (Å²) in [6.45, 7) is 1.25. The third-order valence-corrected chi connectivity index (χ3v) is 3.14. The molecule has 1 aromatic heterocycles. The molecule has 0 unspecified atom stereocenters. The van der Waals surface area contributed by atoms with Gasteiger partial charge in [0.15, 0.2) is 0 Å². The molecule has 2 amide bonds. The molecule has 0 fully saturated rings. The quantitative estimate of drug-likeness (QED) is 0.781. The van der Waals surface area contributed by atoms with Crippen molar-refractivity contribution in [2.75, 3.05) is 25.6 Å². The highest BCUT2D eigenvalue weighted by Crippen LogP contribution is 1.99. The van der Waals surface area contributed by atoms with Crippen LogP contribution in [0, 0.1) is 0 Å². The Labute approximate surface area is 107 Å². The SMILES string of the molecule is CSCCCNC(=O)N(C)Cc1nccn1C. The number of nitrogens with one attached hydrogen (secondary N) is 1. The number of imidazole rings is 1. The summed E-state index contributed by atoms with van der Waals surface area (Å²) in [7, 11) is 3.70.